The zero-order valence-corrected chi connectivity index (χ0v) is 60.8. The van der Waals surface area contributed by atoms with Crippen molar-refractivity contribution in [1.29, 1.82) is 0 Å². The van der Waals surface area contributed by atoms with Crippen LogP contribution >= 0.6 is 0 Å². The number of aliphatic hydroxyl groups excluding tert-OH is 11. The molecule has 19 nitrogen and oxygen atoms in total. The van der Waals surface area contributed by atoms with E-state index >= 15 is 0 Å². The van der Waals surface area contributed by atoms with Gasteiger partial charge >= 0.3 is 0 Å². The van der Waals surface area contributed by atoms with Gasteiger partial charge in [0.25, 0.3) is 0 Å². The predicted octanol–water partition coefficient (Wildman–Crippen LogP) is 12.7. The van der Waals surface area contributed by atoms with Crippen LogP contribution in [0.3, 0.4) is 0 Å². The summed E-state index contributed by atoms with van der Waals surface area (Å²) in [7, 11) is 0. The van der Waals surface area contributed by atoms with Crippen LogP contribution in [0.25, 0.3) is 0 Å². The van der Waals surface area contributed by atoms with E-state index < -0.39 is 124 Å². The van der Waals surface area contributed by atoms with Crippen molar-refractivity contribution >= 4 is 5.91 Å². The summed E-state index contributed by atoms with van der Waals surface area (Å²) in [6.45, 7) is 1.76. The zero-order valence-electron chi connectivity index (χ0n) is 60.8. The van der Waals surface area contributed by atoms with Gasteiger partial charge in [0, 0.05) is 6.42 Å². The van der Waals surface area contributed by atoms with Crippen molar-refractivity contribution in [2.75, 3.05) is 26.4 Å². The minimum Gasteiger partial charge on any atom is -0.394 e. The lowest BCUT2D eigenvalue weighted by molar-refractivity contribution is -0.379. The summed E-state index contributed by atoms with van der Waals surface area (Å²) in [5, 5.41) is 121. The fraction of sp³-hybridized carbons (Fsp3) is 0.910. The molecule has 17 unspecified atom stereocenters. The largest absolute Gasteiger partial charge is 0.394 e. The van der Waals surface area contributed by atoms with Gasteiger partial charge in [-0.3, -0.25) is 4.79 Å². The Balaban J connectivity index is 1.33. The summed E-state index contributed by atoms with van der Waals surface area (Å²) < 4.78 is 34.4. The standard InChI is InChI=1S/C78H145NO18/c1-3-5-7-9-11-13-15-17-19-21-22-23-24-25-26-27-28-29-30-31-32-33-34-35-36-37-38-40-42-44-46-48-50-52-54-56-66(84)79-61(62(83)55-53-51-49-47-45-43-41-39-20-18-16-14-12-10-8-6-4-2)60-92-76-72(90)69(87)74(64(58-81)94-76)97-78-73(91)70(88)75(65(59-82)95-78)96-77-71(89)68(86)67(85)63(57-80)93-77/h15,17,21-22,53,55,61-65,67-78,80-83,85-91H,3-14,16,18-20,23-52,54,56-60H2,1-2H3,(H,79,84)/b17-15-,22-21-,55-53+. The van der Waals surface area contributed by atoms with Crippen LogP contribution < -0.4 is 5.32 Å². The molecule has 1 amide bonds. The summed E-state index contributed by atoms with van der Waals surface area (Å²) in [5.74, 6) is -0.269. The number of hydrogen-bond acceptors (Lipinski definition) is 18. The molecule has 3 saturated heterocycles. The Hall–Kier alpha value is -1.99. The quantitative estimate of drug-likeness (QED) is 0.0199. The lowest BCUT2D eigenvalue weighted by Crippen LogP contribution is -2.66. The van der Waals surface area contributed by atoms with Gasteiger partial charge in [0.05, 0.1) is 38.6 Å². The molecule has 19 heteroatoms. The first kappa shape index (κ1) is 89.2. The normalized spacial score (nSPS) is 27.0. The number of unbranched alkanes of at least 4 members (excludes halogenated alkanes) is 43. The fourth-order valence-electron chi connectivity index (χ4n) is 13.5. The van der Waals surface area contributed by atoms with Crippen molar-refractivity contribution in [2.24, 2.45) is 0 Å². The Bertz CT molecular complexity index is 1900. The van der Waals surface area contributed by atoms with Crippen LogP contribution in [0, 0.1) is 0 Å². The van der Waals surface area contributed by atoms with Crippen LogP contribution in [-0.4, -0.2) is 193 Å². The molecule has 0 aliphatic carbocycles. The third-order valence-corrected chi connectivity index (χ3v) is 19.9. The van der Waals surface area contributed by atoms with Gasteiger partial charge in [-0.05, 0) is 51.4 Å². The summed E-state index contributed by atoms with van der Waals surface area (Å²) in [6.07, 6.45) is 45.7. The predicted molar refractivity (Wildman–Crippen MR) is 383 cm³/mol. The minimum atomic E-state index is -1.98. The molecule has 0 aromatic carbocycles. The van der Waals surface area contributed by atoms with Gasteiger partial charge in [0.15, 0.2) is 18.9 Å². The van der Waals surface area contributed by atoms with E-state index in [1.807, 2.05) is 6.08 Å². The SMILES string of the molecule is CCCCCCC/C=C\C/C=C\CCCCCCCCCCCCCCCCCCCCCCCCCC(=O)NC(COC1OC(CO)C(OC2OC(CO)C(OC3OC(CO)C(O)C(O)C3O)C(O)C2O)C(O)C1O)C(O)/C=C/CCCCCCCCCCCCCCCCC. The molecule has 3 aliphatic rings. The number of ether oxygens (including phenoxy) is 6. The van der Waals surface area contributed by atoms with Crippen molar-refractivity contribution in [1.82, 2.24) is 5.32 Å². The van der Waals surface area contributed by atoms with Gasteiger partial charge in [0.1, 0.15) is 73.2 Å². The number of nitrogens with one attached hydrogen (secondary N) is 1. The van der Waals surface area contributed by atoms with Crippen molar-refractivity contribution in [3.63, 3.8) is 0 Å². The Kier molecular flexibility index (Phi) is 54.6. The zero-order chi connectivity index (χ0) is 70.4. The maximum atomic E-state index is 13.5. The minimum absolute atomic E-state index is 0.248. The lowest BCUT2D eigenvalue weighted by atomic mass is 9.96. The first-order valence-corrected chi connectivity index (χ1v) is 39.7. The van der Waals surface area contributed by atoms with Crippen LogP contribution in [0.4, 0.5) is 0 Å². The molecule has 3 rings (SSSR count). The molecule has 97 heavy (non-hydrogen) atoms. The average molecular weight is 1390 g/mol. The molecule has 3 heterocycles. The van der Waals surface area contributed by atoms with E-state index in [0.29, 0.717) is 6.42 Å². The first-order chi connectivity index (χ1) is 47.3. The lowest BCUT2D eigenvalue weighted by Gasteiger charge is -2.48. The summed E-state index contributed by atoms with van der Waals surface area (Å²) >= 11 is 0. The second-order valence-corrected chi connectivity index (χ2v) is 28.5. The van der Waals surface area contributed by atoms with E-state index in [0.717, 1.165) is 51.4 Å². The Labute approximate surface area is 587 Å². The molecule has 0 radical (unpaired) electrons. The average Bonchev–Trinajstić information content (AvgIpc) is 0.792. The Morgan fingerprint density at radius 3 is 1.05 bits per heavy atom. The van der Waals surface area contributed by atoms with Gasteiger partial charge in [-0.25, -0.2) is 0 Å². The van der Waals surface area contributed by atoms with Gasteiger partial charge in [-0.1, -0.05) is 301 Å². The van der Waals surface area contributed by atoms with Crippen LogP contribution in [0.5, 0.6) is 0 Å². The number of amides is 1. The van der Waals surface area contributed by atoms with E-state index in [4.69, 9.17) is 28.4 Å². The molecule has 570 valence electrons. The summed E-state index contributed by atoms with van der Waals surface area (Å²) in [5.41, 5.74) is 0. The van der Waals surface area contributed by atoms with Gasteiger partial charge in [0.2, 0.25) is 5.91 Å². The first-order valence-electron chi connectivity index (χ1n) is 39.7. The number of hydrogen-bond donors (Lipinski definition) is 12. The Morgan fingerprint density at radius 1 is 0.371 bits per heavy atom. The summed E-state index contributed by atoms with van der Waals surface area (Å²) in [6, 6.07) is -0.971. The highest BCUT2D eigenvalue weighted by atomic mass is 16.8. The number of allylic oxidation sites excluding steroid dienone is 5. The molecule has 0 saturated carbocycles. The second kappa shape index (κ2) is 59.4. The third-order valence-electron chi connectivity index (χ3n) is 19.9. The van der Waals surface area contributed by atoms with Gasteiger partial charge in [-0.15, -0.1) is 0 Å². The third kappa shape index (κ3) is 40.0. The monoisotopic (exact) mass is 1380 g/mol. The van der Waals surface area contributed by atoms with Crippen molar-refractivity contribution in [2.45, 2.75) is 426 Å². The fourth-order valence-corrected chi connectivity index (χ4v) is 13.5. The van der Waals surface area contributed by atoms with Crippen LogP contribution in [0.15, 0.2) is 36.5 Å². The number of rotatable bonds is 63. The smallest absolute Gasteiger partial charge is 0.220 e. The highest BCUT2D eigenvalue weighted by molar-refractivity contribution is 5.76. The van der Waals surface area contributed by atoms with Gasteiger partial charge < -0.3 is 89.9 Å². The Morgan fingerprint density at radius 2 is 0.680 bits per heavy atom. The highest BCUT2D eigenvalue weighted by Gasteiger charge is 2.53. The topological polar surface area (TPSA) is 307 Å². The molecule has 0 aromatic rings. The highest BCUT2D eigenvalue weighted by Crippen LogP contribution is 2.33. The number of carbonyl (C=O) groups is 1. The molecular formula is C78H145NO18. The maximum absolute atomic E-state index is 13.5. The molecule has 0 aromatic heterocycles. The van der Waals surface area contributed by atoms with Gasteiger partial charge in [-0.2, -0.15) is 0 Å². The van der Waals surface area contributed by atoms with Crippen molar-refractivity contribution in [3.05, 3.63) is 36.5 Å². The molecule has 0 bridgehead atoms. The van der Waals surface area contributed by atoms with Crippen molar-refractivity contribution < 1.29 is 89.4 Å². The molecular weight excluding hydrogens is 1240 g/mol. The maximum Gasteiger partial charge on any atom is 0.220 e. The van der Waals surface area contributed by atoms with E-state index in [-0.39, 0.29) is 18.9 Å². The molecule has 12 N–H and O–H groups in total. The van der Waals surface area contributed by atoms with Crippen LogP contribution in [-0.2, 0) is 33.2 Å². The number of aliphatic hydroxyl groups is 11. The van der Waals surface area contributed by atoms with Crippen LogP contribution in [0.1, 0.15) is 322 Å². The molecule has 3 fully saturated rings. The van der Waals surface area contributed by atoms with Crippen molar-refractivity contribution in [3.8, 4) is 0 Å². The van der Waals surface area contributed by atoms with E-state index in [2.05, 4.69) is 43.5 Å². The van der Waals surface area contributed by atoms with E-state index in [9.17, 15) is 61.0 Å². The molecule has 17 atom stereocenters. The summed E-state index contributed by atoms with van der Waals surface area (Å²) in [4.78, 5) is 13.5. The number of carbonyl (C=O) groups excluding carboxylic acids is 1. The van der Waals surface area contributed by atoms with Crippen LogP contribution in [0.2, 0.25) is 0 Å². The molecule has 0 spiro atoms. The van der Waals surface area contributed by atoms with E-state index in [1.165, 1.54) is 244 Å². The molecule has 3 aliphatic heterocycles. The second-order valence-electron chi connectivity index (χ2n) is 28.5. The van der Waals surface area contributed by atoms with E-state index in [1.54, 1.807) is 6.08 Å².